The third-order valence-electron chi connectivity index (χ3n) is 4.24. The van der Waals surface area contributed by atoms with Gasteiger partial charge < -0.3 is 11.1 Å². The predicted molar refractivity (Wildman–Crippen MR) is 99.3 cm³/mol. The zero-order valence-corrected chi connectivity index (χ0v) is 14.0. The number of carbonyl (C=O) groups excluding carboxylic acids is 2. The zero-order valence-electron chi connectivity index (χ0n) is 14.0. The van der Waals surface area contributed by atoms with Crippen molar-refractivity contribution in [2.75, 3.05) is 0 Å². The topological polar surface area (TPSA) is 72.2 Å². The highest BCUT2D eigenvalue weighted by Gasteiger charge is 2.20. The molecule has 2 amide bonds. The Kier molecular flexibility index (Phi) is 4.80. The summed E-state index contributed by atoms with van der Waals surface area (Å²) in [5.41, 5.74) is 8.12. The van der Waals surface area contributed by atoms with E-state index in [1.807, 2.05) is 67.6 Å². The van der Waals surface area contributed by atoms with Crippen molar-refractivity contribution in [2.24, 2.45) is 5.73 Å². The van der Waals surface area contributed by atoms with Gasteiger partial charge in [-0.25, -0.2) is 0 Å². The summed E-state index contributed by atoms with van der Waals surface area (Å²) in [6, 6.07) is 20.2. The van der Waals surface area contributed by atoms with Gasteiger partial charge in [0.25, 0.3) is 5.91 Å². The summed E-state index contributed by atoms with van der Waals surface area (Å²) in [4.78, 5) is 24.5. The summed E-state index contributed by atoms with van der Waals surface area (Å²) in [6.45, 7) is 2.00. The second kappa shape index (κ2) is 7.18. The zero-order chi connectivity index (χ0) is 17.8. The Bertz CT molecular complexity index is 911. The number of nitrogens with two attached hydrogens (primary N) is 1. The number of nitrogens with one attached hydrogen (secondary N) is 1. The molecule has 0 radical (unpaired) electrons. The SMILES string of the molecule is Cc1ccc(C[C@@H](NC(=O)c2cccc3ccccc23)C(N)=O)cc1. The summed E-state index contributed by atoms with van der Waals surface area (Å²) in [5.74, 6) is -0.845. The van der Waals surface area contributed by atoms with Gasteiger partial charge in [-0.15, -0.1) is 0 Å². The summed E-state index contributed by atoms with van der Waals surface area (Å²) < 4.78 is 0. The average molecular weight is 332 g/mol. The quantitative estimate of drug-likeness (QED) is 0.754. The molecule has 0 bridgehead atoms. The Morgan fingerprint density at radius 2 is 1.64 bits per heavy atom. The smallest absolute Gasteiger partial charge is 0.252 e. The van der Waals surface area contributed by atoms with Crippen LogP contribution in [-0.2, 0) is 11.2 Å². The molecule has 1 atom stereocenters. The second-order valence-corrected chi connectivity index (χ2v) is 6.14. The van der Waals surface area contributed by atoms with E-state index in [0.717, 1.165) is 21.9 Å². The van der Waals surface area contributed by atoms with Gasteiger partial charge in [0.15, 0.2) is 0 Å². The normalized spacial score (nSPS) is 11.9. The molecule has 3 N–H and O–H groups in total. The fourth-order valence-corrected chi connectivity index (χ4v) is 2.84. The molecule has 0 saturated heterocycles. The average Bonchev–Trinajstić information content (AvgIpc) is 2.62. The molecule has 4 heteroatoms. The molecule has 0 spiro atoms. The monoisotopic (exact) mass is 332 g/mol. The highest BCUT2D eigenvalue weighted by atomic mass is 16.2. The number of rotatable bonds is 5. The van der Waals surface area contributed by atoms with Crippen molar-refractivity contribution < 1.29 is 9.59 Å². The lowest BCUT2D eigenvalue weighted by Gasteiger charge is -2.16. The Balaban J connectivity index is 1.83. The maximum absolute atomic E-state index is 12.7. The van der Waals surface area contributed by atoms with E-state index < -0.39 is 11.9 Å². The predicted octanol–water partition coefficient (Wildman–Crippen LogP) is 2.97. The van der Waals surface area contributed by atoms with Gasteiger partial charge in [0.05, 0.1) is 0 Å². The van der Waals surface area contributed by atoms with Crippen molar-refractivity contribution in [1.29, 1.82) is 0 Å². The van der Waals surface area contributed by atoms with Crippen molar-refractivity contribution in [1.82, 2.24) is 5.32 Å². The van der Waals surface area contributed by atoms with Crippen LogP contribution in [0.1, 0.15) is 21.5 Å². The summed E-state index contributed by atoms with van der Waals surface area (Å²) in [7, 11) is 0. The largest absolute Gasteiger partial charge is 0.368 e. The number of aryl methyl sites for hydroxylation is 1. The van der Waals surface area contributed by atoms with Gasteiger partial charge in [-0.2, -0.15) is 0 Å². The maximum atomic E-state index is 12.7. The molecule has 0 unspecified atom stereocenters. The third kappa shape index (κ3) is 3.86. The van der Waals surface area contributed by atoms with Crippen molar-refractivity contribution in [2.45, 2.75) is 19.4 Å². The fourth-order valence-electron chi connectivity index (χ4n) is 2.84. The molecule has 0 aliphatic heterocycles. The van der Waals surface area contributed by atoms with E-state index in [4.69, 9.17) is 5.73 Å². The van der Waals surface area contributed by atoms with Crippen molar-refractivity contribution >= 4 is 22.6 Å². The van der Waals surface area contributed by atoms with Crippen LogP contribution in [0.25, 0.3) is 10.8 Å². The van der Waals surface area contributed by atoms with E-state index in [-0.39, 0.29) is 5.91 Å². The number of hydrogen-bond donors (Lipinski definition) is 2. The number of benzene rings is 3. The van der Waals surface area contributed by atoms with Gasteiger partial charge in [-0.3, -0.25) is 9.59 Å². The molecule has 0 heterocycles. The molecule has 3 rings (SSSR count). The Hall–Kier alpha value is -3.14. The van der Waals surface area contributed by atoms with Crippen LogP contribution in [0.15, 0.2) is 66.7 Å². The minimum absolute atomic E-state index is 0.298. The minimum Gasteiger partial charge on any atom is -0.368 e. The summed E-state index contributed by atoms with van der Waals surface area (Å²) in [6.07, 6.45) is 0.367. The van der Waals surface area contributed by atoms with Crippen LogP contribution in [0, 0.1) is 6.92 Å². The lowest BCUT2D eigenvalue weighted by Crippen LogP contribution is -2.45. The van der Waals surface area contributed by atoms with Gasteiger partial charge in [0.2, 0.25) is 5.91 Å². The first kappa shape index (κ1) is 16.7. The summed E-state index contributed by atoms with van der Waals surface area (Å²) >= 11 is 0. The third-order valence-corrected chi connectivity index (χ3v) is 4.24. The number of carbonyl (C=O) groups is 2. The van der Waals surface area contributed by atoms with Crippen molar-refractivity contribution in [3.63, 3.8) is 0 Å². The van der Waals surface area contributed by atoms with Crippen LogP contribution in [0.3, 0.4) is 0 Å². The highest BCUT2D eigenvalue weighted by Crippen LogP contribution is 2.18. The van der Waals surface area contributed by atoms with Crippen LogP contribution < -0.4 is 11.1 Å². The fraction of sp³-hybridized carbons (Fsp3) is 0.143. The molecule has 126 valence electrons. The summed E-state index contributed by atoms with van der Waals surface area (Å²) in [5, 5.41) is 4.60. The van der Waals surface area contributed by atoms with E-state index in [9.17, 15) is 9.59 Å². The molecule has 4 nitrogen and oxygen atoms in total. The molecule has 3 aromatic rings. The van der Waals surface area contributed by atoms with Gasteiger partial charge in [0.1, 0.15) is 6.04 Å². The van der Waals surface area contributed by atoms with Gasteiger partial charge >= 0.3 is 0 Å². The standard InChI is InChI=1S/C21H20N2O2/c1-14-9-11-15(12-10-14)13-19(20(22)24)23-21(25)18-8-4-6-16-5-2-3-7-17(16)18/h2-12,19H,13H2,1H3,(H2,22,24)(H,23,25)/t19-/m1/s1. The lowest BCUT2D eigenvalue weighted by atomic mass is 10.0. The highest BCUT2D eigenvalue weighted by molar-refractivity contribution is 6.08. The van der Waals surface area contributed by atoms with Crippen molar-refractivity contribution in [3.8, 4) is 0 Å². The number of primary amides is 1. The molecule has 25 heavy (non-hydrogen) atoms. The molecule has 0 aliphatic carbocycles. The molecule has 0 saturated carbocycles. The van der Waals surface area contributed by atoms with E-state index in [1.165, 1.54) is 0 Å². The molecule has 0 fully saturated rings. The Labute approximate surface area is 146 Å². The molecule has 0 aliphatic rings. The van der Waals surface area contributed by atoms with Gasteiger partial charge in [0, 0.05) is 12.0 Å². The Morgan fingerprint density at radius 1 is 0.960 bits per heavy atom. The first-order valence-electron chi connectivity index (χ1n) is 8.18. The molecular weight excluding hydrogens is 312 g/mol. The first-order chi connectivity index (χ1) is 12.0. The number of hydrogen-bond acceptors (Lipinski definition) is 2. The van der Waals surface area contributed by atoms with Crippen LogP contribution >= 0.6 is 0 Å². The first-order valence-corrected chi connectivity index (χ1v) is 8.18. The van der Waals surface area contributed by atoms with Crippen molar-refractivity contribution in [3.05, 3.63) is 83.4 Å². The number of amides is 2. The minimum atomic E-state index is -0.755. The van der Waals surface area contributed by atoms with E-state index >= 15 is 0 Å². The van der Waals surface area contributed by atoms with Gasteiger partial charge in [-0.05, 0) is 29.3 Å². The van der Waals surface area contributed by atoms with Crippen LogP contribution in [0.2, 0.25) is 0 Å². The molecule has 0 aromatic heterocycles. The lowest BCUT2D eigenvalue weighted by molar-refractivity contribution is -0.119. The maximum Gasteiger partial charge on any atom is 0.252 e. The second-order valence-electron chi connectivity index (χ2n) is 6.14. The van der Waals surface area contributed by atoms with Crippen LogP contribution in [-0.4, -0.2) is 17.9 Å². The molecule has 3 aromatic carbocycles. The van der Waals surface area contributed by atoms with Crippen LogP contribution in [0.4, 0.5) is 0 Å². The van der Waals surface area contributed by atoms with Gasteiger partial charge in [-0.1, -0.05) is 66.2 Å². The molecular formula is C21H20N2O2. The Morgan fingerprint density at radius 3 is 2.36 bits per heavy atom. The van der Waals surface area contributed by atoms with Crippen LogP contribution in [0.5, 0.6) is 0 Å². The van der Waals surface area contributed by atoms with E-state index in [0.29, 0.717) is 12.0 Å². The number of fused-ring (bicyclic) bond motifs is 1. The van der Waals surface area contributed by atoms with E-state index in [1.54, 1.807) is 6.07 Å². The van der Waals surface area contributed by atoms with E-state index in [2.05, 4.69) is 5.32 Å².